The molecule has 1 atom stereocenters. The number of hydrogen-bond donors (Lipinski definition) is 0. The van der Waals surface area contributed by atoms with Gasteiger partial charge in [0.15, 0.2) is 0 Å². The van der Waals surface area contributed by atoms with Gasteiger partial charge in [-0.25, -0.2) is 4.39 Å². The zero-order valence-electron chi connectivity index (χ0n) is 16.5. The van der Waals surface area contributed by atoms with Crippen LogP contribution >= 0.6 is 11.6 Å². The Morgan fingerprint density at radius 3 is 2.74 bits per heavy atom. The van der Waals surface area contributed by atoms with Crippen molar-refractivity contribution in [1.29, 1.82) is 0 Å². The SMILES string of the molecule is O=C1COCC(c2cnccc2Oc2ccc(F)cc2)N1CCOc1ccccc1Cl. The van der Waals surface area contributed by atoms with Crippen LogP contribution in [0.1, 0.15) is 11.6 Å². The maximum absolute atomic E-state index is 13.2. The minimum atomic E-state index is -0.403. The molecule has 2 heterocycles. The summed E-state index contributed by atoms with van der Waals surface area (Å²) in [5.41, 5.74) is 0.692. The van der Waals surface area contributed by atoms with E-state index in [4.69, 9.17) is 25.8 Å². The van der Waals surface area contributed by atoms with E-state index in [0.717, 1.165) is 0 Å². The molecule has 4 rings (SSSR count). The zero-order chi connectivity index (χ0) is 21.6. The molecular formula is C23H20ClFN2O4. The van der Waals surface area contributed by atoms with Crippen molar-refractivity contribution in [3.63, 3.8) is 0 Å². The third-order valence-corrected chi connectivity index (χ3v) is 5.15. The van der Waals surface area contributed by atoms with Crippen LogP contribution in [0.2, 0.25) is 5.02 Å². The summed E-state index contributed by atoms with van der Waals surface area (Å²) in [7, 11) is 0. The number of aromatic nitrogens is 1. The summed E-state index contributed by atoms with van der Waals surface area (Å²) in [5.74, 6) is 1.05. The maximum atomic E-state index is 13.2. The highest BCUT2D eigenvalue weighted by Gasteiger charge is 2.32. The number of carbonyl (C=O) groups is 1. The Hall–Kier alpha value is -3.16. The monoisotopic (exact) mass is 442 g/mol. The lowest BCUT2D eigenvalue weighted by Crippen LogP contribution is -2.46. The standard InChI is InChI=1S/C23H20ClFN2O4/c24-19-3-1-2-4-22(19)30-12-11-27-20(14-29-15-23(27)28)18-13-26-10-9-21(18)31-17-7-5-16(25)6-8-17/h1-10,13,20H,11-12,14-15H2. The zero-order valence-corrected chi connectivity index (χ0v) is 17.3. The van der Waals surface area contributed by atoms with Gasteiger partial charge >= 0.3 is 0 Å². The van der Waals surface area contributed by atoms with Crippen molar-refractivity contribution in [3.8, 4) is 17.2 Å². The van der Waals surface area contributed by atoms with E-state index in [-0.39, 0.29) is 24.9 Å². The molecule has 160 valence electrons. The number of rotatable bonds is 7. The molecule has 3 aromatic rings. The van der Waals surface area contributed by atoms with Crippen LogP contribution in [0.3, 0.4) is 0 Å². The number of carbonyl (C=O) groups excluding carboxylic acids is 1. The molecule has 1 unspecified atom stereocenters. The van der Waals surface area contributed by atoms with Gasteiger partial charge in [0, 0.05) is 18.0 Å². The van der Waals surface area contributed by atoms with Gasteiger partial charge in [0.1, 0.15) is 36.3 Å². The van der Waals surface area contributed by atoms with Crippen molar-refractivity contribution in [2.24, 2.45) is 0 Å². The third kappa shape index (κ3) is 5.13. The second kappa shape index (κ2) is 9.76. The molecule has 0 spiro atoms. The van der Waals surface area contributed by atoms with E-state index in [0.29, 0.717) is 41.0 Å². The van der Waals surface area contributed by atoms with E-state index in [9.17, 15) is 9.18 Å². The van der Waals surface area contributed by atoms with Crippen LogP contribution < -0.4 is 9.47 Å². The normalized spacial score (nSPS) is 16.3. The molecule has 1 aliphatic heterocycles. The second-order valence-electron chi connectivity index (χ2n) is 6.87. The van der Waals surface area contributed by atoms with E-state index in [1.807, 2.05) is 12.1 Å². The molecule has 8 heteroatoms. The minimum absolute atomic E-state index is 0.00297. The predicted octanol–water partition coefficient (Wildman–Crippen LogP) is 4.65. The maximum Gasteiger partial charge on any atom is 0.249 e. The molecule has 0 bridgehead atoms. The Balaban J connectivity index is 1.52. The van der Waals surface area contributed by atoms with Crippen molar-refractivity contribution < 1.29 is 23.4 Å². The average Bonchev–Trinajstić information content (AvgIpc) is 2.78. The fourth-order valence-corrected chi connectivity index (χ4v) is 3.52. The van der Waals surface area contributed by atoms with Crippen LogP contribution in [0.5, 0.6) is 17.2 Å². The highest BCUT2D eigenvalue weighted by molar-refractivity contribution is 6.32. The number of nitrogens with zero attached hydrogens (tertiary/aromatic N) is 2. The summed E-state index contributed by atoms with van der Waals surface area (Å²) in [6, 6.07) is 14.2. The Bertz CT molecular complexity index is 1050. The molecule has 1 saturated heterocycles. The molecule has 1 fully saturated rings. The molecule has 0 N–H and O–H groups in total. The van der Waals surface area contributed by atoms with Crippen LogP contribution in [0, 0.1) is 5.82 Å². The van der Waals surface area contributed by atoms with E-state index in [2.05, 4.69) is 4.98 Å². The lowest BCUT2D eigenvalue weighted by Gasteiger charge is -2.36. The van der Waals surface area contributed by atoms with Gasteiger partial charge in [0.2, 0.25) is 5.91 Å². The molecule has 1 aliphatic rings. The summed E-state index contributed by atoms with van der Waals surface area (Å²) in [4.78, 5) is 18.5. The van der Waals surface area contributed by atoms with E-state index < -0.39 is 6.04 Å². The molecule has 1 amide bonds. The number of ether oxygens (including phenoxy) is 3. The Morgan fingerprint density at radius 1 is 1.13 bits per heavy atom. The molecule has 2 aromatic carbocycles. The van der Waals surface area contributed by atoms with Gasteiger partial charge in [0.05, 0.1) is 24.2 Å². The number of hydrogen-bond acceptors (Lipinski definition) is 5. The largest absolute Gasteiger partial charge is 0.490 e. The average molecular weight is 443 g/mol. The van der Waals surface area contributed by atoms with E-state index in [1.54, 1.807) is 35.5 Å². The van der Waals surface area contributed by atoms with Gasteiger partial charge in [-0.2, -0.15) is 0 Å². The molecule has 31 heavy (non-hydrogen) atoms. The molecule has 0 saturated carbocycles. The number of benzene rings is 2. The van der Waals surface area contributed by atoms with Gasteiger partial charge in [0.25, 0.3) is 0 Å². The Kier molecular flexibility index (Phi) is 6.64. The quantitative estimate of drug-likeness (QED) is 0.533. The van der Waals surface area contributed by atoms with Crippen LogP contribution in [-0.4, -0.2) is 42.2 Å². The van der Waals surface area contributed by atoms with Gasteiger partial charge in [-0.15, -0.1) is 0 Å². The highest BCUT2D eigenvalue weighted by Crippen LogP contribution is 2.34. The van der Waals surface area contributed by atoms with Gasteiger partial charge in [-0.1, -0.05) is 23.7 Å². The minimum Gasteiger partial charge on any atom is -0.490 e. The highest BCUT2D eigenvalue weighted by atomic mass is 35.5. The van der Waals surface area contributed by atoms with Crippen LogP contribution in [0.25, 0.3) is 0 Å². The van der Waals surface area contributed by atoms with Gasteiger partial charge in [-0.05, 0) is 42.5 Å². The summed E-state index contributed by atoms with van der Waals surface area (Å²) in [6.45, 7) is 0.893. The van der Waals surface area contributed by atoms with Gasteiger partial charge < -0.3 is 19.1 Å². The van der Waals surface area contributed by atoms with E-state index >= 15 is 0 Å². The Labute approximate surface area is 184 Å². The van der Waals surface area contributed by atoms with Crippen LogP contribution in [0.15, 0.2) is 67.0 Å². The second-order valence-corrected chi connectivity index (χ2v) is 7.27. The van der Waals surface area contributed by atoms with Crippen molar-refractivity contribution in [1.82, 2.24) is 9.88 Å². The summed E-state index contributed by atoms with van der Waals surface area (Å²) in [5, 5.41) is 0.509. The number of amides is 1. The van der Waals surface area contributed by atoms with Gasteiger partial charge in [-0.3, -0.25) is 9.78 Å². The number of halogens is 2. The van der Waals surface area contributed by atoms with Crippen molar-refractivity contribution in [2.45, 2.75) is 6.04 Å². The first-order valence-electron chi connectivity index (χ1n) is 9.73. The topological polar surface area (TPSA) is 60.9 Å². The lowest BCUT2D eigenvalue weighted by atomic mass is 10.1. The summed E-state index contributed by atoms with van der Waals surface area (Å²) < 4.78 is 30.4. The molecule has 0 radical (unpaired) electrons. The smallest absolute Gasteiger partial charge is 0.249 e. The fraction of sp³-hybridized carbons (Fsp3) is 0.217. The van der Waals surface area contributed by atoms with Crippen LogP contribution in [0.4, 0.5) is 4.39 Å². The summed E-state index contributed by atoms with van der Waals surface area (Å²) in [6.07, 6.45) is 3.24. The summed E-state index contributed by atoms with van der Waals surface area (Å²) >= 11 is 6.13. The van der Waals surface area contributed by atoms with Crippen molar-refractivity contribution in [2.75, 3.05) is 26.4 Å². The first-order valence-corrected chi connectivity index (χ1v) is 10.1. The van der Waals surface area contributed by atoms with Crippen LogP contribution in [-0.2, 0) is 9.53 Å². The third-order valence-electron chi connectivity index (χ3n) is 4.83. The number of para-hydroxylation sites is 1. The molecular weight excluding hydrogens is 423 g/mol. The molecule has 0 aliphatic carbocycles. The number of morpholine rings is 1. The number of pyridine rings is 1. The van der Waals surface area contributed by atoms with Crippen molar-refractivity contribution >= 4 is 17.5 Å². The molecule has 6 nitrogen and oxygen atoms in total. The lowest BCUT2D eigenvalue weighted by molar-refractivity contribution is -0.149. The van der Waals surface area contributed by atoms with Crippen molar-refractivity contribution in [3.05, 3.63) is 83.4 Å². The Morgan fingerprint density at radius 2 is 1.94 bits per heavy atom. The first-order chi connectivity index (χ1) is 15.1. The fourth-order valence-electron chi connectivity index (χ4n) is 3.33. The predicted molar refractivity (Wildman–Crippen MR) is 113 cm³/mol. The molecule has 1 aromatic heterocycles. The van der Waals surface area contributed by atoms with E-state index in [1.165, 1.54) is 24.3 Å². The first kappa shape index (κ1) is 21.1.